The fraction of sp³-hybridized carbons (Fsp3) is 0.471. The molecule has 0 bridgehead atoms. The van der Waals surface area contributed by atoms with Gasteiger partial charge in [-0.2, -0.15) is 0 Å². The maximum Gasteiger partial charge on any atom is 0.136 e. The molecular weight excluding hydrogens is 246 g/mol. The molecule has 1 aromatic heterocycles. The van der Waals surface area contributed by atoms with Crippen molar-refractivity contribution in [2.75, 3.05) is 30.4 Å². The van der Waals surface area contributed by atoms with Gasteiger partial charge in [-0.25, -0.2) is 4.98 Å². The number of benzene rings is 1. The first-order valence-electron chi connectivity index (χ1n) is 7.51. The van der Waals surface area contributed by atoms with Gasteiger partial charge >= 0.3 is 0 Å². The molecule has 1 aliphatic heterocycles. The van der Waals surface area contributed by atoms with E-state index in [-0.39, 0.29) is 0 Å². The summed E-state index contributed by atoms with van der Waals surface area (Å²) in [7, 11) is 1.96. The molecule has 2 heterocycles. The van der Waals surface area contributed by atoms with Crippen molar-refractivity contribution in [3.63, 3.8) is 0 Å². The summed E-state index contributed by atoms with van der Waals surface area (Å²) in [4.78, 5) is 7.18. The fourth-order valence-electron chi connectivity index (χ4n) is 3.13. The third-order valence-electron chi connectivity index (χ3n) is 4.45. The third kappa shape index (κ3) is 2.21. The first-order valence-corrected chi connectivity index (χ1v) is 7.51. The number of rotatable bonds is 2. The lowest BCUT2D eigenvalue weighted by Crippen LogP contribution is -2.33. The van der Waals surface area contributed by atoms with Crippen LogP contribution in [0.5, 0.6) is 0 Å². The molecule has 0 atom stereocenters. The molecule has 3 rings (SSSR count). The maximum absolute atomic E-state index is 4.73. The molecule has 1 fully saturated rings. The van der Waals surface area contributed by atoms with Gasteiger partial charge in [0.05, 0.1) is 11.9 Å². The Morgan fingerprint density at radius 3 is 2.70 bits per heavy atom. The molecule has 1 N–H and O–H groups in total. The second-order valence-electron chi connectivity index (χ2n) is 5.91. The van der Waals surface area contributed by atoms with Crippen molar-refractivity contribution >= 4 is 22.3 Å². The highest BCUT2D eigenvalue weighted by Gasteiger charge is 2.19. The summed E-state index contributed by atoms with van der Waals surface area (Å²) in [5.74, 6) is 1.99. The number of aryl methyl sites for hydroxylation is 1. The van der Waals surface area contributed by atoms with E-state index in [0.29, 0.717) is 0 Å². The molecule has 20 heavy (non-hydrogen) atoms. The van der Waals surface area contributed by atoms with Crippen LogP contribution in [0, 0.1) is 12.8 Å². The number of nitrogens with one attached hydrogen (secondary N) is 1. The van der Waals surface area contributed by atoms with Crippen molar-refractivity contribution in [3.8, 4) is 0 Å². The summed E-state index contributed by atoms with van der Waals surface area (Å²) in [5.41, 5.74) is 2.42. The zero-order chi connectivity index (χ0) is 14.1. The first-order chi connectivity index (χ1) is 9.70. The van der Waals surface area contributed by atoms with Crippen molar-refractivity contribution < 1.29 is 0 Å². The zero-order valence-electron chi connectivity index (χ0n) is 12.6. The molecule has 0 aliphatic carbocycles. The van der Waals surface area contributed by atoms with E-state index < -0.39 is 0 Å². The lowest BCUT2D eigenvalue weighted by atomic mass is 9.98. The van der Waals surface area contributed by atoms with Gasteiger partial charge in [0.15, 0.2) is 0 Å². The second kappa shape index (κ2) is 5.31. The fourth-order valence-corrected chi connectivity index (χ4v) is 3.13. The Kier molecular flexibility index (Phi) is 3.51. The summed E-state index contributed by atoms with van der Waals surface area (Å²) in [6.45, 7) is 6.76. The average molecular weight is 269 g/mol. The third-order valence-corrected chi connectivity index (χ3v) is 4.45. The Labute approximate surface area is 121 Å². The van der Waals surface area contributed by atoms with Crippen LogP contribution >= 0.6 is 0 Å². The van der Waals surface area contributed by atoms with Crippen LogP contribution in [0.2, 0.25) is 0 Å². The van der Waals surface area contributed by atoms with Gasteiger partial charge in [-0.1, -0.05) is 25.1 Å². The number of hydrogen-bond acceptors (Lipinski definition) is 3. The smallest absolute Gasteiger partial charge is 0.136 e. The van der Waals surface area contributed by atoms with Crippen LogP contribution in [0.15, 0.2) is 24.4 Å². The van der Waals surface area contributed by atoms with Gasteiger partial charge in [0, 0.05) is 30.9 Å². The molecule has 1 aliphatic rings. The highest BCUT2D eigenvalue weighted by atomic mass is 15.2. The lowest BCUT2D eigenvalue weighted by Gasteiger charge is -2.32. The SMILES string of the molecule is CNc1cnc(N2CCC(C)CC2)c2cccc(C)c12. The maximum atomic E-state index is 4.73. The number of fused-ring (bicyclic) bond motifs is 1. The van der Waals surface area contributed by atoms with Gasteiger partial charge in [0.1, 0.15) is 5.82 Å². The standard InChI is InChI=1S/C17H23N3/c1-12-7-9-20(10-8-12)17-14-6-4-5-13(2)16(14)15(18-3)11-19-17/h4-6,11-12,18H,7-10H2,1-3H3. The molecule has 0 saturated carbocycles. The number of aromatic nitrogens is 1. The van der Waals surface area contributed by atoms with Crippen LogP contribution in [0.3, 0.4) is 0 Å². The summed E-state index contributed by atoms with van der Waals surface area (Å²) in [6.07, 6.45) is 4.51. The van der Waals surface area contributed by atoms with E-state index in [0.717, 1.165) is 30.5 Å². The summed E-state index contributed by atoms with van der Waals surface area (Å²) in [5, 5.41) is 5.84. The predicted molar refractivity (Wildman–Crippen MR) is 86.6 cm³/mol. The van der Waals surface area contributed by atoms with Gasteiger partial charge < -0.3 is 10.2 Å². The van der Waals surface area contributed by atoms with Gasteiger partial charge in [-0.3, -0.25) is 0 Å². The largest absolute Gasteiger partial charge is 0.386 e. The van der Waals surface area contributed by atoms with E-state index in [9.17, 15) is 0 Å². The second-order valence-corrected chi connectivity index (χ2v) is 5.91. The number of nitrogens with zero attached hydrogens (tertiary/aromatic N) is 2. The van der Waals surface area contributed by atoms with E-state index in [2.05, 4.69) is 42.3 Å². The summed E-state index contributed by atoms with van der Waals surface area (Å²) >= 11 is 0. The minimum atomic E-state index is 0.843. The predicted octanol–water partition coefficient (Wildman–Crippen LogP) is 3.82. The van der Waals surface area contributed by atoms with Gasteiger partial charge in [0.2, 0.25) is 0 Å². The summed E-state index contributed by atoms with van der Waals surface area (Å²) < 4.78 is 0. The molecule has 0 radical (unpaired) electrons. The molecule has 0 spiro atoms. The Balaban J connectivity index is 2.10. The molecule has 0 amide bonds. The summed E-state index contributed by atoms with van der Waals surface area (Å²) in [6, 6.07) is 6.50. The van der Waals surface area contributed by atoms with Crippen molar-refractivity contribution in [3.05, 3.63) is 30.0 Å². The normalized spacial score (nSPS) is 16.6. The Morgan fingerprint density at radius 2 is 2.00 bits per heavy atom. The van der Waals surface area contributed by atoms with Gasteiger partial charge in [0.25, 0.3) is 0 Å². The van der Waals surface area contributed by atoms with E-state index >= 15 is 0 Å². The number of hydrogen-bond donors (Lipinski definition) is 1. The first kappa shape index (κ1) is 13.2. The number of piperidine rings is 1. The average Bonchev–Trinajstić information content (AvgIpc) is 2.47. The van der Waals surface area contributed by atoms with Crippen molar-refractivity contribution in [1.29, 1.82) is 0 Å². The monoisotopic (exact) mass is 269 g/mol. The Hall–Kier alpha value is -1.77. The van der Waals surface area contributed by atoms with Gasteiger partial charge in [-0.15, -0.1) is 0 Å². The van der Waals surface area contributed by atoms with E-state index in [1.54, 1.807) is 0 Å². The Bertz CT molecular complexity index is 613. The van der Waals surface area contributed by atoms with Crippen LogP contribution in [0.4, 0.5) is 11.5 Å². The molecule has 106 valence electrons. The molecule has 3 nitrogen and oxygen atoms in total. The molecule has 0 unspecified atom stereocenters. The minimum Gasteiger partial charge on any atom is -0.386 e. The minimum absolute atomic E-state index is 0.843. The van der Waals surface area contributed by atoms with E-state index in [1.807, 2.05) is 13.2 Å². The van der Waals surface area contributed by atoms with Gasteiger partial charge in [-0.05, 0) is 31.2 Å². The van der Waals surface area contributed by atoms with E-state index in [1.165, 1.54) is 29.2 Å². The van der Waals surface area contributed by atoms with Crippen LogP contribution in [0.1, 0.15) is 25.3 Å². The quantitative estimate of drug-likeness (QED) is 0.898. The van der Waals surface area contributed by atoms with Crippen LogP contribution in [-0.2, 0) is 0 Å². The zero-order valence-corrected chi connectivity index (χ0v) is 12.6. The highest BCUT2D eigenvalue weighted by molar-refractivity contribution is 6.02. The van der Waals surface area contributed by atoms with Crippen LogP contribution in [0.25, 0.3) is 10.8 Å². The Morgan fingerprint density at radius 1 is 1.25 bits per heavy atom. The lowest BCUT2D eigenvalue weighted by molar-refractivity contribution is 0.437. The molecule has 1 saturated heterocycles. The molecular formula is C17H23N3. The van der Waals surface area contributed by atoms with Crippen LogP contribution in [-0.4, -0.2) is 25.1 Å². The molecule has 2 aromatic rings. The number of pyridine rings is 1. The molecule has 1 aromatic carbocycles. The van der Waals surface area contributed by atoms with E-state index in [4.69, 9.17) is 4.98 Å². The van der Waals surface area contributed by atoms with Crippen molar-refractivity contribution in [1.82, 2.24) is 4.98 Å². The van der Waals surface area contributed by atoms with Crippen molar-refractivity contribution in [2.24, 2.45) is 5.92 Å². The topological polar surface area (TPSA) is 28.2 Å². The molecule has 3 heteroatoms. The highest BCUT2D eigenvalue weighted by Crippen LogP contribution is 2.33. The van der Waals surface area contributed by atoms with Crippen LogP contribution < -0.4 is 10.2 Å². The van der Waals surface area contributed by atoms with Crippen molar-refractivity contribution in [2.45, 2.75) is 26.7 Å². The number of anilines is 2.